The summed E-state index contributed by atoms with van der Waals surface area (Å²) in [6, 6.07) is 5.25. The van der Waals surface area contributed by atoms with Crippen LogP contribution < -0.4 is 14.8 Å². The lowest BCUT2D eigenvalue weighted by atomic mass is 10.2. The second kappa shape index (κ2) is 7.60. The zero-order valence-corrected chi connectivity index (χ0v) is 11.0. The maximum absolute atomic E-state index is 10.4. The van der Waals surface area contributed by atoms with Crippen LogP contribution in [0.4, 0.5) is 0 Å². The highest BCUT2D eigenvalue weighted by Crippen LogP contribution is 2.27. The Balaban J connectivity index is 2.64. The van der Waals surface area contributed by atoms with Gasteiger partial charge in [-0.3, -0.25) is 0 Å². The maximum atomic E-state index is 10.4. The minimum absolute atomic E-state index is 0.393. The third-order valence-corrected chi connectivity index (χ3v) is 2.35. The number of nitrogens with one attached hydrogen (secondary N) is 1. The summed E-state index contributed by atoms with van der Waals surface area (Å²) in [6.07, 6.45) is -0.403. The lowest BCUT2D eigenvalue weighted by Crippen LogP contribution is -2.23. The van der Waals surface area contributed by atoms with Crippen molar-refractivity contribution in [2.24, 2.45) is 0 Å². The van der Waals surface area contributed by atoms with Gasteiger partial charge in [-0.1, -0.05) is 6.07 Å². The van der Waals surface area contributed by atoms with Crippen molar-refractivity contribution in [3.8, 4) is 11.5 Å². The summed E-state index contributed by atoms with van der Waals surface area (Å²) in [7, 11) is 1.50. The quantitative estimate of drug-likeness (QED) is 0.641. The third-order valence-electron chi connectivity index (χ3n) is 2.35. The zero-order valence-electron chi connectivity index (χ0n) is 11.0. The van der Waals surface area contributed by atoms with E-state index < -0.39 is 18.7 Å². The highest BCUT2D eigenvalue weighted by atomic mass is 16.5. The van der Waals surface area contributed by atoms with Gasteiger partial charge in [0, 0.05) is 13.1 Å². The van der Waals surface area contributed by atoms with Gasteiger partial charge in [0.15, 0.2) is 18.1 Å². The van der Waals surface area contributed by atoms with Crippen molar-refractivity contribution in [1.82, 2.24) is 5.32 Å². The lowest BCUT2D eigenvalue weighted by molar-refractivity contribution is -0.139. The Morgan fingerprint density at radius 1 is 1.42 bits per heavy atom. The summed E-state index contributed by atoms with van der Waals surface area (Å²) in [4.78, 5) is 10.4. The van der Waals surface area contributed by atoms with Crippen molar-refractivity contribution in [3.63, 3.8) is 0 Å². The van der Waals surface area contributed by atoms with Crippen LogP contribution in [0.15, 0.2) is 18.2 Å². The number of benzene rings is 1. The van der Waals surface area contributed by atoms with Crippen LogP contribution in [0.1, 0.15) is 12.5 Å². The molecule has 0 amide bonds. The van der Waals surface area contributed by atoms with Gasteiger partial charge in [-0.25, -0.2) is 4.79 Å². The summed E-state index contributed by atoms with van der Waals surface area (Å²) in [5.74, 6) is -0.161. The molecule has 0 bridgehead atoms. The monoisotopic (exact) mass is 269 g/mol. The molecule has 0 spiro atoms. The van der Waals surface area contributed by atoms with Crippen molar-refractivity contribution < 1.29 is 24.5 Å². The summed E-state index contributed by atoms with van der Waals surface area (Å²) in [5, 5.41) is 20.8. The number of aliphatic carboxylic acids is 1. The van der Waals surface area contributed by atoms with Gasteiger partial charge >= 0.3 is 5.97 Å². The Bertz CT molecular complexity index is 419. The molecule has 0 radical (unpaired) electrons. The topological polar surface area (TPSA) is 88.0 Å². The van der Waals surface area contributed by atoms with E-state index in [0.29, 0.717) is 24.6 Å². The van der Waals surface area contributed by atoms with E-state index >= 15 is 0 Å². The van der Waals surface area contributed by atoms with E-state index in [1.54, 1.807) is 19.1 Å². The first kappa shape index (κ1) is 15.3. The van der Waals surface area contributed by atoms with E-state index in [1.165, 1.54) is 7.11 Å². The van der Waals surface area contributed by atoms with E-state index in [0.717, 1.165) is 5.56 Å². The van der Waals surface area contributed by atoms with Gasteiger partial charge in [0.2, 0.25) is 0 Å². The molecule has 1 rings (SSSR count). The van der Waals surface area contributed by atoms with Crippen LogP contribution in [-0.4, -0.2) is 42.5 Å². The molecule has 1 aromatic rings. The molecule has 1 atom stereocenters. The molecule has 6 heteroatoms. The van der Waals surface area contributed by atoms with Crippen LogP contribution in [0, 0.1) is 0 Å². The van der Waals surface area contributed by atoms with Gasteiger partial charge in [0.25, 0.3) is 0 Å². The molecule has 0 aromatic heterocycles. The summed E-state index contributed by atoms with van der Waals surface area (Å²) in [6.45, 7) is 2.38. The highest BCUT2D eigenvalue weighted by molar-refractivity contribution is 5.68. The van der Waals surface area contributed by atoms with E-state index in [1.807, 2.05) is 6.07 Å². The first-order valence-corrected chi connectivity index (χ1v) is 5.93. The zero-order chi connectivity index (χ0) is 14.3. The number of carbonyl (C=O) groups is 1. The van der Waals surface area contributed by atoms with Gasteiger partial charge < -0.3 is 25.0 Å². The molecule has 0 saturated carbocycles. The number of carboxylic acid groups (broad SMARTS) is 1. The molecule has 3 N–H and O–H groups in total. The Labute approximate surface area is 112 Å². The van der Waals surface area contributed by atoms with Gasteiger partial charge in [-0.15, -0.1) is 0 Å². The second-order valence-electron chi connectivity index (χ2n) is 4.15. The lowest BCUT2D eigenvalue weighted by Gasteiger charge is -2.12. The normalized spacial score (nSPS) is 11.9. The Morgan fingerprint density at radius 3 is 2.74 bits per heavy atom. The van der Waals surface area contributed by atoms with Crippen LogP contribution in [0.25, 0.3) is 0 Å². The molecule has 0 aliphatic carbocycles. The molecule has 6 nitrogen and oxygen atoms in total. The maximum Gasteiger partial charge on any atom is 0.341 e. The summed E-state index contributed by atoms with van der Waals surface area (Å²) < 4.78 is 10.3. The number of rotatable bonds is 8. The molecule has 106 valence electrons. The number of methoxy groups -OCH3 is 1. The molecule has 1 aromatic carbocycles. The van der Waals surface area contributed by atoms with Crippen LogP contribution in [-0.2, 0) is 11.3 Å². The van der Waals surface area contributed by atoms with E-state index in [4.69, 9.17) is 19.7 Å². The fraction of sp³-hybridized carbons (Fsp3) is 0.462. The Hall–Kier alpha value is -1.79. The molecule has 0 fully saturated rings. The van der Waals surface area contributed by atoms with Crippen LogP contribution in [0.3, 0.4) is 0 Å². The number of ether oxygens (including phenoxy) is 2. The van der Waals surface area contributed by atoms with Crippen molar-refractivity contribution in [3.05, 3.63) is 23.8 Å². The minimum Gasteiger partial charge on any atom is -0.493 e. The van der Waals surface area contributed by atoms with Gasteiger partial charge in [0.1, 0.15) is 0 Å². The fourth-order valence-electron chi connectivity index (χ4n) is 1.51. The predicted molar refractivity (Wildman–Crippen MR) is 69.5 cm³/mol. The summed E-state index contributed by atoms with van der Waals surface area (Å²) in [5.41, 5.74) is 0.958. The van der Waals surface area contributed by atoms with Crippen molar-refractivity contribution >= 4 is 5.97 Å². The van der Waals surface area contributed by atoms with Gasteiger partial charge in [-0.2, -0.15) is 0 Å². The molecule has 19 heavy (non-hydrogen) atoms. The van der Waals surface area contributed by atoms with Crippen molar-refractivity contribution in [1.29, 1.82) is 0 Å². The molecular weight excluding hydrogens is 250 g/mol. The molecule has 0 heterocycles. The largest absolute Gasteiger partial charge is 0.493 e. The highest BCUT2D eigenvalue weighted by Gasteiger charge is 2.07. The third kappa shape index (κ3) is 5.58. The standard InChI is InChI=1S/C13H19NO5/c1-9(15)6-14-7-10-3-4-11(12(5-10)18-2)19-8-13(16)17/h3-5,9,14-15H,6-8H2,1-2H3,(H,16,17). The van der Waals surface area contributed by atoms with E-state index in [-0.39, 0.29) is 0 Å². The average molecular weight is 269 g/mol. The number of hydrogen-bond acceptors (Lipinski definition) is 5. The molecule has 1 unspecified atom stereocenters. The number of aliphatic hydroxyl groups is 1. The average Bonchev–Trinajstić information content (AvgIpc) is 2.36. The number of hydrogen-bond donors (Lipinski definition) is 3. The van der Waals surface area contributed by atoms with E-state index in [2.05, 4.69) is 5.32 Å². The number of carboxylic acids is 1. The molecule has 0 aliphatic rings. The van der Waals surface area contributed by atoms with Crippen LogP contribution in [0.2, 0.25) is 0 Å². The minimum atomic E-state index is -1.04. The molecule has 0 saturated heterocycles. The first-order chi connectivity index (χ1) is 9.02. The fourth-order valence-corrected chi connectivity index (χ4v) is 1.51. The first-order valence-electron chi connectivity index (χ1n) is 5.93. The summed E-state index contributed by atoms with van der Waals surface area (Å²) >= 11 is 0. The molecular formula is C13H19NO5. The van der Waals surface area contributed by atoms with Gasteiger partial charge in [-0.05, 0) is 24.6 Å². The second-order valence-corrected chi connectivity index (χ2v) is 4.15. The smallest absolute Gasteiger partial charge is 0.341 e. The van der Waals surface area contributed by atoms with Gasteiger partial charge in [0.05, 0.1) is 13.2 Å². The number of aliphatic hydroxyl groups excluding tert-OH is 1. The van der Waals surface area contributed by atoms with Crippen LogP contribution >= 0.6 is 0 Å². The Morgan fingerprint density at radius 2 is 2.16 bits per heavy atom. The molecule has 0 aliphatic heterocycles. The predicted octanol–water partition coefficient (Wildman–Crippen LogP) is 0.629. The van der Waals surface area contributed by atoms with Crippen LogP contribution in [0.5, 0.6) is 11.5 Å². The van der Waals surface area contributed by atoms with Crippen molar-refractivity contribution in [2.45, 2.75) is 19.6 Å². The van der Waals surface area contributed by atoms with E-state index in [9.17, 15) is 4.79 Å². The SMILES string of the molecule is COc1cc(CNCC(C)O)ccc1OCC(=O)O. The van der Waals surface area contributed by atoms with Crippen molar-refractivity contribution in [2.75, 3.05) is 20.3 Å². The Kier molecular flexibility index (Phi) is 6.11.